The molecule has 0 saturated heterocycles. The third-order valence-electron chi connectivity index (χ3n) is 1.94. The molecule has 16 heavy (non-hydrogen) atoms. The van der Waals surface area contributed by atoms with Gasteiger partial charge in [0.2, 0.25) is 0 Å². The molecule has 1 atom stereocenters. The van der Waals surface area contributed by atoms with Crippen molar-refractivity contribution in [1.82, 2.24) is 0 Å². The first kappa shape index (κ1) is 12.9. The van der Waals surface area contributed by atoms with Crippen LogP contribution in [0.25, 0.3) is 0 Å². The van der Waals surface area contributed by atoms with Crippen molar-refractivity contribution in [3.63, 3.8) is 0 Å². The average molecular weight is 242 g/mol. The molecule has 0 fully saturated rings. The van der Waals surface area contributed by atoms with Crippen LogP contribution in [0.3, 0.4) is 0 Å². The number of para-hydroxylation sites is 1. The van der Waals surface area contributed by atoms with Crippen LogP contribution in [0, 0.1) is 5.92 Å². The Hall–Kier alpha value is -1.12. The summed E-state index contributed by atoms with van der Waals surface area (Å²) < 4.78 is 16.0. The molecule has 0 spiro atoms. The molecular weight excluding hydrogens is 227 g/mol. The molecule has 0 amide bonds. The number of hydrogen-bond acceptors (Lipinski definition) is 3. The Balaban J connectivity index is 3.11. The van der Waals surface area contributed by atoms with Gasteiger partial charge in [0.05, 0.1) is 5.56 Å². The van der Waals surface area contributed by atoms with E-state index < -0.39 is 7.60 Å². The zero-order valence-electron chi connectivity index (χ0n) is 9.51. The van der Waals surface area contributed by atoms with E-state index in [2.05, 4.69) is 0 Å². The van der Waals surface area contributed by atoms with E-state index >= 15 is 0 Å². The molecule has 0 aliphatic rings. The van der Waals surface area contributed by atoms with Gasteiger partial charge in [-0.2, -0.15) is 0 Å². The van der Waals surface area contributed by atoms with Crippen LogP contribution in [0.5, 0.6) is 5.75 Å². The summed E-state index contributed by atoms with van der Waals surface area (Å²) in [5, 5.41) is 0. The van der Waals surface area contributed by atoms with E-state index in [0.29, 0.717) is 5.56 Å². The molecule has 1 rings (SSSR count). The van der Waals surface area contributed by atoms with Crippen LogP contribution in [0.15, 0.2) is 24.3 Å². The van der Waals surface area contributed by atoms with Gasteiger partial charge in [-0.25, -0.2) is 4.57 Å². The molecular formula is C11H15O4P. The van der Waals surface area contributed by atoms with E-state index in [1.165, 1.54) is 6.07 Å². The first-order chi connectivity index (χ1) is 7.31. The van der Waals surface area contributed by atoms with E-state index in [-0.39, 0.29) is 17.5 Å². The van der Waals surface area contributed by atoms with Crippen LogP contribution >= 0.6 is 7.60 Å². The normalized spacial score (nSPS) is 14.6. The number of carbonyl (C=O) groups is 1. The van der Waals surface area contributed by atoms with Crippen molar-refractivity contribution in [2.24, 2.45) is 5.92 Å². The summed E-state index contributed by atoms with van der Waals surface area (Å²) in [7, 11) is -3.64. The van der Waals surface area contributed by atoms with Gasteiger partial charge in [-0.3, -0.25) is 4.79 Å². The predicted molar refractivity (Wildman–Crippen MR) is 62.0 cm³/mol. The van der Waals surface area contributed by atoms with Gasteiger partial charge in [0.1, 0.15) is 5.75 Å². The quantitative estimate of drug-likeness (QED) is 0.651. The molecule has 1 aromatic rings. The molecule has 4 nitrogen and oxygen atoms in total. The fraction of sp³-hybridized carbons (Fsp3) is 0.364. The van der Waals surface area contributed by atoms with E-state index in [4.69, 9.17) is 9.42 Å². The van der Waals surface area contributed by atoms with Crippen LogP contribution in [-0.2, 0) is 4.57 Å². The molecule has 1 unspecified atom stereocenters. The first-order valence-corrected chi connectivity index (χ1v) is 6.97. The first-order valence-electron chi connectivity index (χ1n) is 4.94. The highest BCUT2D eigenvalue weighted by molar-refractivity contribution is 7.52. The maximum Gasteiger partial charge on any atom is 0.373 e. The van der Waals surface area contributed by atoms with Crippen LogP contribution < -0.4 is 4.52 Å². The zero-order valence-corrected chi connectivity index (χ0v) is 10.4. The molecule has 0 aliphatic carbocycles. The summed E-state index contributed by atoms with van der Waals surface area (Å²) in [6.07, 6.45) is 0. The number of benzene rings is 1. The van der Waals surface area contributed by atoms with Gasteiger partial charge >= 0.3 is 7.60 Å². The molecule has 1 N–H and O–H groups in total. The largest absolute Gasteiger partial charge is 0.424 e. The van der Waals surface area contributed by atoms with Crippen LogP contribution in [-0.4, -0.2) is 17.3 Å². The average Bonchev–Trinajstić information content (AvgIpc) is 2.15. The topological polar surface area (TPSA) is 63.6 Å². The van der Waals surface area contributed by atoms with Gasteiger partial charge in [-0.1, -0.05) is 26.0 Å². The lowest BCUT2D eigenvalue weighted by atomic mass is 10.0. The Kier molecular flexibility index (Phi) is 3.89. The molecule has 0 aliphatic heterocycles. The highest BCUT2D eigenvalue weighted by atomic mass is 31.2. The highest BCUT2D eigenvalue weighted by Gasteiger charge is 2.19. The monoisotopic (exact) mass is 242 g/mol. The molecule has 5 heteroatoms. The van der Waals surface area contributed by atoms with Crippen LogP contribution in [0.1, 0.15) is 24.2 Å². The lowest BCUT2D eigenvalue weighted by molar-refractivity contribution is 0.0937. The van der Waals surface area contributed by atoms with Crippen molar-refractivity contribution in [1.29, 1.82) is 0 Å². The molecule has 0 bridgehead atoms. The molecule has 0 aromatic heterocycles. The van der Waals surface area contributed by atoms with Crippen molar-refractivity contribution in [2.75, 3.05) is 6.66 Å². The standard InChI is InChI=1S/C11H15O4P/c1-8(2)11(12)9-6-4-5-7-10(9)15-16(3,13)14/h4-8H,1-3H3,(H,13,14). The Morgan fingerprint density at radius 1 is 1.38 bits per heavy atom. The van der Waals surface area contributed by atoms with Gasteiger partial charge in [0, 0.05) is 12.6 Å². The summed E-state index contributed by atoms with van der Waals surface area (Å²) in [5.41, 5.74) is 0.341. The second-order valence-corrected chi connectivity index (χ2v) is 5.70. The van der Waals surface area contributed by atoms with Gasteiger partial charge in [0.15, 0.2) is 5.78 Å². The Morgan fingerprint density at radius 2 is 1.94 bits per heavy atom. The van der Waals surface area contributed by atoms with Crippen LogP contribution in [0.4, 0.5) is 0 Å². The summed E-state index contributed by atoms with van der Waals surface area (Å²) in [5.74, 6) is -0.127. The SMILES string of the molecule is CC(C)C(=O)c1ccccc1OP(C)(=O)O. The number of rotatable bonds is 4. The molecule has 0 saturated carbocycles. The van der Waals surface area contributed by atoms with Crippen molar-refractivity contribution < 1.29 is 18.8 Å². The zero-order chi connectivity index (χ0) is 12.3. The van der Waals surface area contributed by atoms with E-state index in [9.17, 15) is 9.36 Å². The predicted octanol–water partition coefficient (Wildman–Crippen LogP) is 2.72. The molecule has 1 aromatic carbocycles. The molecule has 0 heterocycles. The van der Waals surface area contributed by atoms with E-state index in [1.807, 2.05) is 0 Å². The molecule has 0 radical (unpaired) electrons. The van der Waals surface area contributed by atoms with Crippen molar-refractivity contribution >= 4 is 13.4 Å². The van der Waals surface area contributed by atoms with Gasteiger partial charge in [0.25, 0.3) is 0 Å². The third kappa shape index (κ3) is 3.47. The number of ketones is 1. The van der Waals surface area contributed by atoms with Gasteiger partial charge < -0.3 is 9.42 Å². The minimum atomic E-state index is -3.64. The second-order valence-electron chi connectivity index (χ2n) is 3.91. The maximum absolute atomic E-state index is 11.8. The Morgan fingerprint density at radius 3 is 2.44 bits per heavy atom. The summed E-state index contributed by atoms with van der Waals surface area (Å²) in [4.78, 5) is 20.9. The van der Waals surface area contributed by atoms with Crippen molar-refractivity contribution in [2.45, 2.75) is 13.8 Å². The number of hydrogen-bond donors (Lipinski definition) is 1. The summed E-state index contributed by atoms with van der Waals surface area (Å²) in [6, 6.07) is 6.46. The van der Waals surface area contributed by atoms with E-state index in [0.717, 1.165) is 6.66 Å². The summed E-state index contributed by atoms with van der Waals surface area (Å²) >= 11 is 0. The lowest BCUT2D eigenvalue weighted by Crippen LogP contribution is -2.09. The fourth-order valence-electron chi connectivity index (χ4n) is 1.24. The van der Waals surface area contributed by atoms with E-state index in [1.54, 1.807) is 32.0 Å². The highest BCUT2D eigenvalue weighted by Crippen LogP contribution is 2.39. The Bertz CT molecular complexity index is 433. The fourth-order valence-corrected chi connectivity index (χ4v) is 1.77. The number of Topliss-reactive ketones (excluding diaryl/α,β-unsaturated/α-hetero) is 1. The summed E-state index contributed by atoms with van der Waals surface area (Å²) in [6.45, 7) is 4.62. The number of carbonyl (C=O) groups excluding carboxylic acids is 1. The smallest absolute Gasteiger partial charge is 0.373 e. The maximum atomic E-state index is 11.8. The second kappa shape index (κ2) is 4.81. The molecule has 88 valence electrons. The van der Waals surface area contributed by atoms with Gasteiger partial charge in [-0.15, -0.1) is 0 Å². The Labute approximate surface area is 94.8 Å². The van der Waals surface area contributed by atoms with Gasteiger partial charge in [-0.05, 0) is 12.1 Å². The minimum absolute atomic E-state index is 0.107. The lowest BCUT2D eigenvalue weighted by Gasteiger charge is -2.13. The van der Waals surface area contributed by atoms with Crippen molar-refractivity contribution in [3.05, 3.63) is 29.8 Å². The third-order valence-corrected chi connectivity index (χ3v) is 2.48. The van der Waals surface area contributed by atoms with Crippen LogP contribution in [0.2, 0.25) is 0 Å². The minimum Gasteiger partial charge on any atom is -0.424 e. The van der Waals surface area contributed by atoms with Crippen molar-refractivity contribution in [3.8, 4) is 5.75 Å².